The summed E-state index contributed by atoms with van der Waals surface area (Å²) in [6.07, 6.45) is 32.0. The molecule has 1 unspecified atom stereocenters. The number of phosphoric acid groups is 1. The van der Waals surface area contributed by atoms with Crippen LogP contribution in [0.5, 0.6) is 0 Å². The molecule has 0 aromatic carbocycles. The van der Waals surface area contributed by atoms with Gasteiger partial charge in [-0.2, -0.15) is 0 Å². The van der Waals surface area contributed by atoms with Crippen LogP contribution in [0.15, 0.2) is 60.8 Å². The van der Waals surface area contributed by atoms with E-state index in [0.717, 1.165) is 64.2 Å². The molecule has 1 aliphatic rings. The molecule has 0 aromatic rings. The molecule has 1 aliphatic carbocycles. The van der Waals surface area contributed by atoms with E-state index in [9.17, 15) is 44.0 Å². The van der Waals surface area contributed by atoms with Gasteiger partial charge in [0.05, 0.1) is 31.5 Å². The summed E-state index contributed by atoms with van der Waals surface area (Å²) in [6.45, 7) is 2.25. The van der Waals surface area contributed by atoms with Gasteiger partial charge in [0.15, 0.2) is 6.10 Å². The number of carbonyl (C=O) groups excluding carboxylic acids is 3. The Morgan fingerprint density at radius 2 is 1.25 bits per heavy atom. The van der Waals surface area contributed by atoms with E-state index in [1.807, 2.05) is 0 Å². The summed E-state index contributed by atoms with van der Waals surface area (Å²) < 4.78 is 32.6. The highest BCUT2D eigenvalue weighted by molar-refractivity contribution is 7.47. The van der Waals surface area contributed by atoms with Gasteiger partial charge >= 0.3 is 25.7 Å². The van der Waals surface area contributed by atoms with Crippen molar-refractivity contribution in [2.24, 2.45) is 17.6 Å². The maximum atomic E-state index is 12.9. The summed E-state index contributed by atoms with van der Waals surface area (Å²) >= 11 is 0. The molecular formula is C48H80NO14P. The number of ketones is 1. The van der Waals surface area contributed by atoms with Crippen LogP contribution in [0.2, 0.25) is 0 Å². The molecule has 0 amide bonds. The van der Waals surface area contributed by atoms with Gasteiger partial charge in [0.1, 0.15) is 18.4 Å². The number of unbranched alkanes of at least 4 members (excludes halogenated alkanes) is 9. The fraction of sp³-hybridized carbons (Fsp3) is 0.708. The highest BCUT2D eigenvalue weighted by Gasteiger charge is 2.41. The number of carboxylic acids is 1. The molecule has 0 radical (unpaired) electrons. The summed E-state index contributed by atoms with van der Waals surface area (Å²) in [5.41, 5.74) is 5.32. The molecule has 16 heteroatoms. The van der Waals surface area contributed by atoms with Crippen LogP contribution >= 0.6 is 7.82 Å². The summed E-state index contributed by atoms with van der Waals surface area (Å²) in [7, 11) is -4.84. The van der Waals surface area contributed by atoms with Crippen LogP contribution in [0.25, 0.3) is 0 Å². The number of carboxylic acid groups (broad SMARTS) is 1. The Morgan fingerprint density at radius 1 is 0.703 bits per heavy atom. The Balaban J connectivity index is 2.52. The lowest BCUT2D eigenvalue weighted by Crippen LogP contribution is -2.34. The average molecular weight is 926 g/mol. The van der Waals surface area contributed by atoms with Crippen LogP contribution in [0.1, 0.15) is 155 Å². The number of nitrogens with two attached hydrogens (primary N) is 1. The molecule has 1 rings (SSSR count). The molecule has 8 atom stereocenters. The van der Waals surface area contributed by atoms with Gasteiger partial charge in [0.25, 0.3) is 0 Å². The first-order valence-corrected chi connectivity index (χ1v) is 25.0. The zero-order chi connectivity index (χ0) is 47.4. The molecule has 64 heavy (non-hydrogen) atoms. The third kappa shape index (κ3) is 30.8. The van der Waals surface area contributed by atoms with Gasteiger partial charge in [0, 0.05) is 43.9 Å². The zero-order valence-electron chi connectivity index (χ0n) is 38.4. The smallest absolute Gasteiger partial charge is 0.472 e. The van der Waals surface area contributed by atoms with E-state index in [-0.39, 0.29) is 44.3 Å². The largest absolute Gasteiger partial charge is 0.480 e. The van der Waals surface area contributed by atoms with Crippen molar-refractivity contribution in [3.8, 4) is 0 Å². The highest BCUT2D eigenvalue weighted by Crippen LogP contribution is 2.43. The lowest BCUT2D eigenvalue weighted by molar-refractivity contribution is -0.161. The number of hydrogen-bond donors (Lipinski definition) is 6. The van der Waals surface area contributed by atoms with Crippen LogP contribution in [-0.2, 0) is 42.3 Å². The van der Waals surface area contributed by atoms with Gasteiger partial charge in [-0.05, 0) is 70.6 Å². The zero-order valence-corrected chi connectivity index (χ0v) is 39.3. The monoisotopic (exact) mass is 926 g/mol. The van der Waals surface area contributed by atoms with E-state index in [0.29, 0.717) is 19.3 Å². The van der Waals surface area contributed by atoms with Gasteiger partial charge in [-0.3, -0.25) is 28.2 Å². The SMILES string of the molecule is CCCCC/C=C\C/C=C\C/C=C\C/C=C\CCCCCC(=O)OC[C@H](COP(=O)(O)OC[C@H](N)C(=O)O)OC(=O)CCCCC(=O)C[C@@H]1[C@@H](/C=C/[C@@H](O)CCCCC)[C@H](O)C[C@@H]1O. The maximum Gasteiger partial charge on any atom is 0.472 e. The second-order valence-electron chi connectivity index (χ2n) is 16.5. The number of phosphoric ester groups is 1. The highest BCUT2D eigenvalue weighted by atomic mass is 31.2. The molecule has 0 aromatic heterocycles. The van der Waals surface area contributed by atoms with Crippen LogP contribution in [0, 0.1) is 11.8 Å². The van der Waals surface area contributed by atoms with Crippen molar-refractivity contribution in [1.29, 1.82) is 0 Å². The number of carbonyl (C=O) groups is 4. The van der Waals surface area contributed by atoms with E-state index < -0.39 is 87.8 Å². The average Bonchev–Trinajstić information content (AvgIpc) is 3.52. The van der Waals surface area contributed by atoms with Crippen molar-refractivity contribution in [3.05, 3.63) is 60.8 Å². The summed E-state index contributed by atoms with van der Waals surface area (Å²) in [5, 5.41) is 40.3. The molecule has 0 saturated heterocycles. The predicted molar refractivity (Wildman–Crippen MR) is 247 cm³/mol. The van der Waals surface area contributed by atoms with Gasteiger partial charge in [-0.15, -0.1) is 0 Å². The first-order chi connectivity index (χ1) is 30.7. The third-order valence-electron chi connectivity index (χ3n) is 10.7. The minimum Gasteiger partial charge on any atom is -0.480 e. The molecule has 0 heterocycles. The summed E-state index contributed by atoms with van der Waals surface area (Å²) in [6, 6.07) is -1.59. The Hall–Kier alpha value is -3.27. The molecule has 0 bridgehead atoms. The molecule has 0 spiro atoms. The maximum absolute atomic E-state index is 12.9. The fourth-order valence-electron chi connectivity index (χ4n) is 6.93. The minimum atomic E-state index is -4.84. The molecule has 366 valence electrons. The number of esters is 2. The minimum absolute atomic E-state index is 0.0282. The topological polar surface area (TPSA) is 249 Å². The van der Waals surface area contributed by atoms with Crippen molar-refractivity contribution in [2.75, 3.05) is 19.8 Å². The first kappa shape index (κ1) is 58.7. The Morgan fingerprint density at radius 3 is 1.88 bits per heavy atom. The third-order valence-corrected chi connectivity index (χ3v) is 11.7. The van der Waals surface area contributed by atoms with Crippen molar-refractivity contribution in [1.82, 2.24) is 0 Å². The number of aliphatic hydroxyl groups excluding tert-OH is 3. The summed E-state index contributed by atoms with van der Waals surface area (Å²) in [4.78, 5) is 59.2. The van der Waals surface area contributed by atoms with Crippen LogP contribution in [-0.4, -0.2) is 99.3 Å². The van der Waals surface area contributed by atoms with Gasteiger partial charge in [-0.25, -0.2) is 4.57 Å². The van der Waals surface area contributed by atoms with E-state index in [2.05, 4.69) is 67.0 Å². The first-order valence-electron chi connectivity index (χ1n) is 23.5. The van der Waals surface area contributed by atoms with Crippen LogP contribution in [0.3, 0.4) is 0 Å². The molecule has 1 fully saturated rings. The number of rotatable bonds is 39. The number of aliphatic carboxylic acids is 1. The van der Waals surface area contributed by atoms with E-state index in [1.54, 1.807) is 12.2 Å². The lowest BCUT2D eigenvalue weighted by atomic mass is 9.87. The van der Waals surface area contributed by atoms with Crippen LogP contribution < -0.4 is 5.73 Å². The van der Waals surface area contributed by atoms with Gasteiger partial charge in [-0.1, -0.05) is 113 Å². The van der Waals surface area contributed by atoms with Crippen LogP contribution in [0.4, 0.5) is 0 Å². The lowest BCUT2D eigenvalue weighted by Gasteiger charge is -2.21. The number of ether oxygens (including phenoxy) is 2. The standard InChI is InChI=1S/C48H80NO14P/c1-3-5-7-8-9-10-11-12-13-14-15-16-17-18-19-20-21-22-24-29-46(54)60-35-40(36-61-64(58,59)62-37-43(49)48(56)57)63-47(55)30-26-25-28-39(51)33-42-41(44(52)34-45(42)53)32-31-38(50)27-23-6-4-2/h9-10,12-13,15-16,18-19,31-32,38,40-45,50,52-53H,3-8,11,14,17,20-30,33-37,49H2,1-2H3,(H,56,57)(H,58,59)/b10-9-,13-12-,16-15-,19-18-,32-31+/t38-,40+,41+,42+,43-,44+,45-/m0/s1. The molecule has 7 N–H and O–H groups in total. The van der Waals surface area contributed by atoms with Crippen molar-refractivity contribution < 1.29 is 67.6 Å². The fourth-order valence-corrected chi connectivity index (χ4v) is 7.70. The number of hydrogen-bond acceptors (Lipinski definition) is 13. The Bertz CT molecular complexity index is 1500. The van der Waals surface area contributed by atoms with Crippen molar-refractivity contribution in [3.63, 3.8) is 0 Å². The summed E-state index contributed by atoms with van der Waals surface area (Å²) in [5.74, 6) is -3.89. The molecule has 0 aliphatic heterocycles. The molecule has 15 nitrogen and oxygen atoms in total. The van der Waals surface area contributed by atoms with Crippen molar-refractivity contribution >= 4 is 31.5 Å². The van der Waals surface area contributed by atoms with E-state index in [1.165, 1.54) is 19.3 Å². The van der Waals surface area contributed by atoms with E-state index >= 15 is 0 Å². The number of allylic oxidation sites excluding steroid dienone is 8. The normalized spacial score (nSPS) is 20.4. The molecule has 1 saturated carbocycles. The number of aliphatic hydroxyl groups is 3. The second-order valence-corrected chi connectivity index (χ2v) is 18.0. The predicted octanol–water partition coefficient (Wildman–Crippen LogP) is 8.29. The number of Topliss-reactive ketones (excluding diaryl/α,β-unsaturated/α-hetero) is 1. The molecular weight excluding hydrogens is 845 g/mol. The van der Waals surface area contributed by atoms with Crippen molar-refractivity contribution in [2.45, 2.75) is 186 Å². The van der Waals surface area contributed by atoms with E-state index in [4.69, 9.17) is 24.8 Å². The quantitative estimate of drug-likeness (QED) is 0.0147. The Kier molecular flexibility index (Phi) is 33.9. The second kappa shape index (κ2) is 36.9. The Labute approximate surface area is 381 Å². The van der Waals surface area contributed by atoms with Gasteiger partial charge in [0.2, 0.25) is 0 Å². The van der Waals surface area contributed by atoms with Gasteiger partial charge < -0.3 is 40.5 Å².